The van der Waals surface area contributed by atoms with Crippen LogP contribution < -0.4 is 20.5 Å². The van der Waals surface area contributed by atoms with E-state index in [1.807, 2.05) is 6.92 Å². The number of piperidine rings is 1. The van der Waals surface area contributed by atoms with Crippen molar-refractivity contribution < 1.29 is 19.1 Å². The molecule has 1 saturated heterocycles. The molecule has 1 aromatic rings. The van der Waals surface area contributed by atoms with E-state index in [1.165, 1.54) is 7.11 Å². The summed E-state index contributed by atoms with van der Waals surface area (Å²) in [5, 5.41) is 3.01. The summed E-state index contributed by atoms with van der Waals surface area (Å²) >= 11 is 0. The van der Waals surface area contributed by atoms with Crippen LogP contribution in [0.3, 0.4) is 0 Å². The Morgan fingerprint density at radius 3 is 2.52 bits per heavy atom. The fourth-order valence-corrected chi connectivity index (χ4v) is 2.82. The van der Waals surface area contributed by atoms with Crippen LogP contribution in [-0.4, -0.2) is 56.6 Å². The summed E-state index contributed by atoms with van der Waals surface area (Å²) in [5.74, 6) is 0.854. The van der Waals surface area contributed by atoms with Crippen LogP contribution in [0.4, 0.5) is 0 Å². The van der Waals surface area contributed by atoms with E-state index in [2.05, 4.69) is 5.32 Å². The first-order valence-electron chi connectivity index (χ1n) is 8.51. The molecule has 25 heavy (non-hydrogen) atoms. The predicted molar refractivity (Wildman–Crippen MR) is 94.8 cm³/mol. The number of likely N-dealkylation sites (tertiary alicyclic amines) is 1. The minimum Gasteiger partial charge on any atom is -0.497 e. The van der Waals surface area contributed by atoms with Crippen LogP contribution in [-0.2, 0) is 4.79 Å². The third-order valence-electron chi connectivity index (χ3n) is 4.57. The summed E-state index contributed by atoms with van der Waals surface area (Å²) in [6.45, 7) is 3.33. The van der Waals surface area contributed by atoms with Crippen LogP contribution in [0, 0.1) is 5.92 Å². The third-order valence-corrected chi connectivity index (χ3v) is 4.57. The molecule has 0 saturated carbocycles. The molecule has 7 heteroatoms. The third kappa shape index (κ3) is 4.63. The van der Waals surface area contributed by atoms with E-state index in [9.17, 15) is 9.59 Å². The largest absolute Gasteiger partial charge is 0.497 e. The topological polar surface area (TPSA) is 93.9 Å². The summed E-state index contributed by atoms with van der Waals surface area (Å²) in [4.78, 5) is 26.5. The average Bonchev–Trinajstić information content (AvgIpc) is 2.66. The van der Waals surface area contributed by atoms with Gasteiger partial charge in [-0.05, 0) is 25.0 Å². The van der Waals surface area contributed by atoms with Crippen molar-refractivity contribution in [3.63, 3.8) is 0 Å². The van der Waals surface area contributed by atoms with Gasteiger partial charge in [0.05, 0.1) is 19.8 Å². The number of nitrogens with one attached hydrogen (secondary N) is 1. The van der Waals surface area contributed by atoms with E-state index < -0.39 is 0 Å². The highest BCUT2D eigenvalue weighted by Crippen LogP contribution is 2.26. The molecule has 1 aliphatic rings. The summed E-state index contributed by atoms with van der Waals surface area (Å²) in [5.41, 5.74) is 6.03. The Morgan fingerprint density at radius 2 is 1.96 bits per heavy atom. The lowest BCUT2D eigenvalue weighted by Crippen LogP contribution is -2.48. The van der Waals surface area contributed by atoms with Crippen LogP contribution in [0.2, 0.25) is 0 Å². The zero-order valence-corrected chi connectivity index (χ0v) is 15.1. The van der Waals surface area contributed by atoms with Gasteiger partial charge in [0, 0.05) is 37.7 Å². The molecule has 1 atom stereocenters. The van der Waals surface area contributed by atoms with Gasteiger partial charge < -0.3 is 25.4 Å². The lowest BCUT2D eigenvalue weighted by Gasteiger charge is -2.33. The molecule has 0 spiro atoms. The SMILES string of the molecule is COc1ccc(C(=O)N2CCC(NC(=O)C(C)CN)CC2)c(OC)c1. The van der Waals surface area contributed by atoms with E-state index in [0.29, 0.717) is 36.7 Å². The number of rotatable bonds is 6. The number of hydrogen-bond donors (Lipinski definition) is 2. The van der Waals surface area contributed by atoms with E-state index in [1.54, 1.807) is 30.2 Å². The Bertz CT molecular complexity index is 612. The molecule has 1 heterocycles. The molecule has 1 unspecified atom stereocenters. The Balaban J connectivity index is 1.96. The molecule has 1 aliphatic heterocycles. The Kier molecular flexibility index (Phi) is 6.64. The maximum Gasteiger partial charge on any atom is 0.257 e. The lowest BCUT2D eigenvalue weighted by molar-refractivity contribution is -0.125. The number of nitrogens with two attached hydrogens (primary N) is 1. The molecule has 3 N–H and O–H groups in total. The van der Waals surface area contributed by atoms with Crippen molar-refractivity contribution in [1.82, 2.24) is 10.2 Å². The molecular weight excluding hydrogens is 322 g/mol. The molecule has 0 aliphatic carbocycles. The molecule has 2 amide bonds. The maximum absolute atomic E-state index is 12.8. The second kappa shape index (κ2) is 8.71. The maximum atomic E-state index is 12.8. The van der Waals surface area contributed by atoms with Crippen molar-refractivity contribution >= 4 is 11.8 Å². The highest BCUT2D eigenvalue weighted by atomic mass is 16.5. The Morgan fingerprint density at radius 1 is 1.28 bits per heavy atom. The Hall–Kier alpha value is -2.28. The van der Waals surface area contributed by atoms with E-state index in [-0.39, 0.29) is 23.8 Å². The standard InChI is InChI=1S/C18H27N3O4/c1-12(11-19)17(22)20-13-6-8-21(9-7-13)18(23)15-5-4-14(24-2)10-16(15)25-3/h4-5,10,12-13H,6-9,11,19H2,1-3H3,(H,20,22). The number of ether oxygens (including phenoxy) is 2. The Labute approximate surface area is 148 Å². The second-order valence-corrected chi connectivity index (χ2v) is 6.28. The number of benzene rings is 1. The fraction of sp³-hybridized carbons (Fsp3) is 0.556. The highest BCUT2D eigenvalue weighted by molar-refractivity contribution is 5.97. The van der Waals surface area contributed by atoms with Gasteiger partial charge in [-0.25, -0.2) is 0 Å². The minimum atomic E-state index is -0.191. The van der Waals surface area contributed by atoms with Gasteiger partial charge in [0.1, 0.15) is 11.5 Å². The van der Waals surface area contributed by atoms with E-state index in [0.717, 1.165) is 12.8 Å². The van der Waals surface area contributed by atoms with Crippen LogP contribution in [0.15, 0.2) is 18.2 Å². The van der Waals surface area contributed by atoms with Gasteiger partial charge >= 0.3 is 0 Å². The van der Waals surface area contributed by atoms with Crippen LogP contribution >= 0.6 is 0 Å². The van der Waals surface area contributed by atoms with E-state index in [4.69, 9.17) is 15.2 Å². The van der Waals surface area contributed by atoms with Crippen LogP contribution in [0.5, 0.6) is 11.5 Å². The van der Waals surface area contributed by atoms with Crippen LogP contribution in [0.25, 0.3) is 0 Å². The molecule has 1 fully saturated rings. The summed E-state index contributed by atoms with van der Waals surface area (Å²) in [6.07, 6.45) is 1.46. The highest BCUT2D eigenvalue weighted by Gasteiger charge is 2.27. The second-order valence-electron chi connectivity index (χ2n) is 6.28. The molecule has 0 aromatic heterocycles. The summed E-state index contributed by atoms with van der Waals surface area (Å²) < 4.78 is 10.5. The van der Waals surface area contributed by atoms with Gasteiger partial charge in [-0.15, -0.1) is 0 Å². The quantitative estimate of drug-likeness (QED) is 0.800. The minimum absolute atomic E-state index is 0.0240. The number of methoxy groups -OCH3 is 2. The van der Waals surface area contributed by atoms with Gasteiger partial charge in [0.25, 0.3) is 5.91 Å². The van der Waals surface area contributed by atoms with Gasteiger partial charge in [0.2, 0.25) is 5.91 Å². The van der Waals surface area contributed by atoms with Gasteiger partial charge in [0.15, 0.2) is 0 Å². The smallest absolute Gasteiger partial charge is 0.257 e. The zero-order valence-electron chi connectivity index (χ0n) is 15.1. The van der Waals surface area contributed by atoms with Gasteiger partial charge in [-0.2, -0.15) is 0 Å². The van der Waals surface area contributed by atoms with Crippen molar-refractivity contribution in [2.24, 2.45) is 11.7 Å². The number of amides is 2. The first-order chi connectivity index (χ1) is 12.0. The lowest BCUT2D eigenvalue weighted by atomic mass is 10.0. The van der Waals surface area contributed by atoms with Crippen molar-refractivity contribution in [3.05, 3.63) is 23.8 Å². The molecule has 1 aromatic carbocycles. The van der Waals surface area contributed by atoms with Gasteiger partial charge in [-0.1, -0.05) is 6.92 Å². The monoisotopic (exact) mass is 349 g/mol. The van der Waals surface area contributed by atoms with Crippen molar-refractivity contribution in [3.8, 4) is 11.5 Å². The molecule has 7 nitrogen and oxygen atoms in total. The van der Waals surface area contributed by atoms with E-state index >= 15 is 0 Å². The molecular formula is C18H27N3O4. The number of hydrogen-bond acceptors (Lipinski definition) is 5. The van der Waals surface area contributed by atoms with Crippen LogP contribution in [0.1, 0.15) is 30.1 Å². The first-order valence-corrected chi connectivity index (χ1v) is 8.51. The number of carbonyl (C=O) groups excluding carboxylic acids is 2. The zero-order chi connectivity index (χ0) is 18.4. The van der Waals surface area contributed by atoms with Crippen molar-refractivity contribution in [2.45, 2.75) is 25.8 Å². The fourth-order valence-electron chi connectivity index (χ4n) is 2.82. The van der Waals surface area contributed by atoms with Gasteiger partial charge in [-0.3, -0.25) is 9.59 Å². The molecule has 138 valence electrons. The number of carbonyl (C=O) groups is 2. The first kappa shape index (κ1) is 19.1. The van der Waals surface area contributed by atoms with Crippen molar-refractivity contribution in [1.29, 1.82) is 0 Å². The summed E-state index contributed by atoms with van der Waals surface area (Å²) in [6, 6.07) is 5.26. The molecule has 2 rings (SSSR count). The predicted octanol–water partition coefficient (Wildman–Crippen LogP) is 1.02. The molecule has 0 radical (unpaired) electrons. The number of nitrogens with zero attached hydrogens (tertiary/aromatic N) is 1. The normalized spacial score (nSPS) is 16.2. The molecule has 0 bridgehead atoms. The van der Waals surface area contributed by atoms with Crippen molar-refractivity contribution in [2.75, 3.05) is 33.9 Å². The average molecular weight is 349 g/mol. The summed E-state index contributed by atoms with van der Waals surface area (Å²) in [7, 11) is 3.10.